The summed E-state index contributed by atoms with van der Waals surface area (Å²) in [6, 6.07) is 6.10. The summed E-state index contributed by atoms with van der Waals surface area (Å²) >= 11 is 0. The van der Waals surface area contributed by atoms with Crippen LogP contribution in [0, 0.1) is 16.7 Å². The van der Waals surface area contributed by atoms with Gasteiger partial charge in [0.25, 0.3) is 5.56 Å². The predicted molar refractivity (Wildman–Crippen MR) is 100 cm³/mol. The second-order valence-corrected chi connectivity index (χ2v) is 8.01. The van der Waals surface area contributed by atoms with Gasteiger partial charge in [0.1, 0.15) is 23.0 Å². The van der Waals surface area contributed by atoms with Gasteiger partial charge < -0.3 is 20.5 Å². The molecule has 2 aromatic heterocycles. The quantitative estimate of drug-likeness (QED) is 0.847. The normalized spacial score (nSPS) is 21.7. The van der Waals surface area contributed by atoms with E-state index in [-0.39, 0.29) is 17.2 Å². The third kappa shape index (κ3) is 2.36. The zero-order valence-electron chi connectivity index (χ0n) is 14.7. The summed E-state index contributed by atoms with van der Waals surface area (Å²) in [6.07, 6.45) is 4.90. The smallest absolute Gasteiger partial charge is 0.268 e. The van der Waals surface area contributed by atoms with Crippen LogP contribution in [0.15, 0.2) is 16.9 Å². The third-order valence-corrected chi connectivity index (χ3v) is 6.26. The number of pyridine rings is 2. The third-order valence-electron chi connectivity index (χ3n) is 6.26. The van der Waals surface area contributed by atoms with Crippen molar-refractivity contribution in [3.05, 3.63) is 28.0 Å². The highest BCUT2D eigenvalue weighted by atomic mass is 16.1. The summed E-state index contributed by atoms with van der Waals surface area (Å²) in [5, 5.41) is 9.62. The average Bonchev–Trinajstić information content (AvgIpc) is 3.37. The molecule has 0 bridgehead atoms. The molecule has 26 heavy (non-hydrogen) atoms. The van der Waals surface area contributed by atoms with Crippen molar-refractivity contribution in [2.24, 2.45) is 11.1 Å². The zero-order valence-corrected chi connectivity index (χ0v) is 14.7. The number of nitrogens with one attached hydrogen (secondary N) is 1. The first-order valence-electron chi connectivity index (χ1n) is 9.31. The fourth-order valence-corrected chi connectivity index (χ4v) is 4.31. The Labute approximate surface area is 151 Å². The van der Waals surface area contributed by atoms with E-state index in [0.717, 1.165) is 44.8 Å². The van der Waals surface area contributed by atoms with Crippen molar-refractivity contribution in [2.75, 3.05) is 36.0 Å². The highest BCUT2D eigenvalue weighted by molar-refractivity contribution is 5.92. The Kier molecular flexibility index (Phi) is 3.28. The van der Waals surface area contributed by atoms with E-state index in [9.17, 15) is 10.1 Å². The lowest BCUT2D eigenvalue weighted by Gasteiger charge is -2.38. The van der Waals surface area contributed by atoms with Crippen molar-refractivity contribution >= 4 is 22.5 Å². The molecule has 1 saturated carbocycles. The van der Waals surface area contributed by atoms with Crippen LogP contribution in [0.5, 0.6) is 0 Å². The molecular weight excluding hydrogens is 328 g/mol. The molecule has 1 aliphatic carbocycles. The summed E-state index contributed by atoms with van der Waals surface area (Å²) in [4.78, 5) is 24.4. The number of nitriles is 1. The molecule has 3 aliphatic rings. The van der Waals surface area contributed by atoms with E-state index in [1.165, 1.54) is 12.8 Å². The molecule has 0 amide bonds. The van der Waals surface area contributed by atoms with Crippen molar-refractivity contribution in [3.8, 4) is 6.07 Å². The van der Waals surface area contributed by atoms with Crippen LogP contribution in [-0.4, -0.2) is 42.2 Å². The molecule has 5 rings (SSSR count). The van der Waals surface area contributed by atoms with E-state index in [1.54, 1.807) is 0 Å². The van der Waals surface area contributed by atoms with Gasteiger partial charge in [0.05, 0.1) is 11.2 Å². The van der Waals surface area contributed by atoms with E-state index in [4.69, 9.17) is 10.7 Å². The van der Waals surface area contributed by atoms with Crippen LogP contribution in [0.1, 0.15) is 31.2 Å². The first-order chi connectivity index (χ1) is 12.6. The van der Waals surface area contributed by atoms with Crippen molar-refractivity contribution in [1.82, 2.24) is 9.97 Å². The van der Waals surface area contributed by atoms with Crippen molar-refractivity contribution in [2.45, 2.75) is 31.7 Å². The summed E-state index contributed by atoms with van der Waals surface area (Å²) < 4.78 is 0. The Morgan fingerprint density at radius 1 is 1.19 bits per heavy atom. The molecule has 134 valence electrons. The Balaban J connectivity index is 1.62. The molecule has 2 saturated heterocycles. The van der Waals surface area contributed by atoms with E-state index in [0.29, 0.717) is 22.1 Å². The van der Waals surface area contributed by atoms with Crippen molar-refractivity contribution in [1.29, 1.82) is 5.26 Å². The zero-order chi connectivity index (χ0) is 17.9. The maximum atomic E-state index is 12.4. The minimum absolute atomic E-state index is 0.175. The minimum Gasteiger partial charge on any atom is -0.368 e. The van der Waals surface area contributed by atoms with Gasteiger partial charge in [-0.05, 0) is 43.2 Å². The van der Waals surface area contributed by atoms with Crippen LogP contribution in [0.4, 0.5) is 11.5 Å². The fraction of sp³-hybridized carbons (Fsp3) is 0.526. The van der Waals surface area contributed by atoms with Crippen molar-refractivity contribution in [3.63, 3.8) is 0 Å². The number of fused-ring (bicyclic) bond motifs is 1. The second-order valence-electron chi connectivity index (χ2n) is 8.01. The van der Waals surface area contributed by atoms with Crippen LogP contribution < -0.4 is 21.1 Å². The average molecular weight is 350 g/mol. The van der Waals surface area contributed by atoms with Gasteiger partial charge in [-0.3, -0.25) is 4.79 Å². The molecule has 1 spiro atoms. The van der Waals surface area contributed by atoms with Crippen LogP contribution in [0.3, 0.4) is 0 Å². The minimum atomic E-state index is -0.331. The first kappa shape index (κ1) is 15.6. The number of aromatic nitrogens is 2. The topological polar surface area (TPSA) is 102 Å². The number of hydrogen-bond acceptors (Lipinski definition) is 6. The van der Waals surface area contributed by atoms with E-state index < -0.39 is 0 Å². The van der Waals surface area contributed by atoms with Crippen LogP contribution in [-0.2, 0) is 0 Å². The molecule has 2 aromatic rings. The van der Waals surface area contributed by atoms with Gasteiger partial charge in [0.15, 0.2) is 0 Å². The number of nitrogens with zero attached hydrogens (tertiary/aromatic N) is 4. The molecule has 3 N–H and O–H groups in total. The summed E-state index contributed by atoms with van der Waals surface area (Å²) in [5.74, 6) is 0.854. The lowest BCUT2D eigenvalue weighted by molar-refractivity contribution is 0.384. The summed E-state index contributed by atoms with van der Waals surface area (Å²) in [7, 11) is 0. The Morgan fingerprint density at radius 2 is 1.92 bits per heavy atom. The van der Waals surface area contributed by atoms with E-state index >= 15 is 0 Å². The number of H-pyrrole nitrogens is 1. The largest absolute Gasteiger partial charge is 0.368 e. The van der Waals surface area contributed by atoms with Gasteiger partial charge in [-0.25, -0.2) is 4.98 Å². The lowest BCUT2D eigenvalue weighted by atomic mass is 9.93. The molecule has 3 fully saturated rings. The predicted octanol–water partition coefficient (Wildman–Crippen LogP) is 1.32. The molecule has 7 nitrogen and oxygen atoms in total. The molecule has 7 heteroatoms. The summed E-state index contributed by atoms with van der Waals surface area (Å²) in [5.41, 5.74) is 8.37. The van der Waals surface area contributed by atoms with Gasteiger partial charge in [-0.1, -0.05) is 0 Å². The van der Waals surface area contributed by atoms with Crippen LogP contribution in [0.2, 0.25) is 0 Å². The van der Waals surface area contributed by atoms with Gasteiger partial charge in [0.2, 0.25) is 0 Å². The molecule has 0 atom stereocenters. The number of rotatable bonds is 2. The van der Waals surface area contributed by atoms with E-state index in [2.05, 4.69) is 20.9 Å². The van der Waals surface area contributed by atoms with Gasteiger partial charge in [-0.15, -0.1) is 0 Å². The number of anilines is 2. The highest BCUT2D eigenvalue weighted by Gasteiger charge is 2.45. The Morgan fingerprint density at radius 3 is 2.54 bits per heavy atom. The van der Waals surface area contributed by atoms with Crippen LogP contribution >= 0.6 is 0 Å². The number of piperidine rings is 1. The van der Waals surface area contributed by atoms with E-state index in [1.807, 2.05) is 12.1 Å². The molecule has 0 unspecified atom stereocenters. The standard InChI is InChI=1S/C19H22N6O/c20-9-13-17(24-7-5-19(3-4-19)6-8-24)16-14(22-18(13)26)1-2-15(23-16)25-10-12(21)11-25/h1-2,12H,3-8,10-11,21H2,(H,22,26). The molecular formula is C19H22N6O. The Bertz CT molecular complexity index is 970. The van der Waals surface area contributed by atoms with Gasteiger partial charge in [0, 0.05) is 32.2 Å². The molecule has 0 aromatic carbocycles. The first-order valence-corrected chi connectivity index (χ1v) is 9.31. The lowest BCUT2D eigenvalue weighted by Crippen LogP contribution is -2.56. The number of aromatic amines is 1. The molecule has 2 aliphatic heterocycles. The van der Waals surface area contributed by atoms with Crippen LogP contribution in [0.25, 0.3) is 11.0 Å². The summed E-state index contributed by atoms with van der Waals surface area (Å²) in [6.45, 7) is 3.34. The van der Waals surface area contributed by atoms with Gasteiger partial charge >= 0.3 is 0 Å². The van der Waals surface area contributed by atoms with Gasteiger partial charge in [-0.2, -0.15) is 5.26 Å². The second kappa shape index (κ2) is 5.45. The number of hydrogen-bond donors (Lipinski definition) is 2. The maximum absolute atomic E-state index is 12.4. The SMILES string of the molecule is N#Cc1c(N2CCC3(CC2)CC3)c2nc(N3CC(N)C3)ccc2[nH]c1=O. The maximum Gasteiger partial charge on any atom is 0.268 e. The fourth-order valence-electron chi connectivity index (χ4n) is 4.31. The number of nitrogens with two attached hydrogens (primary N) is 1. The monoisotopic (exact) mass is 350 g/mol. The van der Waals surface area contributed by atoms with Crippen molar-refractivity contribution < 1.29 is 0 Å². The molecule has 0 radical (unpaired) electrons. The highest BCUT2D eigenvalue weighted by Crippen LogP contribution is 2.54. The molecule has 4 heterocycles. The Hall–Kier alpha value is -2.59.